The Balaban J connectivity index is 1.74. The van der Waals surface area contributed by atoms with Gasteiger partial charge >= 0.3 is 0 Å². The monoisotopic (exact) mass is 355 g/mol. The van der Waals surface area contributed by atoms with Crippen LogP contribution < -0.4 is 5.32 Å². The number of likely N-dealkylation sites (tertiary alicyclic amines) is 1. The number of hydrogen-bond donors (Lipinski definition) is 1. The van der Waals surface area contributed by atoms with Gasteiger partial charge in [-0.2, -0.15) is 0 Å². The molecule has 2 fully saturated rings. The number of rotatable bonds is 2. The molecule has 0 bridgehead atoms. The molecular formula is C16H19Cl2N3O2. The maximum absolute atomic E-state index is 12.7. The Labute approximate surface area is 145 Å². The third-order valence-electron chi connectivity index (χ3n) is 4.43. The van der Waals surface area contributed by atoms with E-state index < -0.39 is 0 Å². The van der Waals surface area contributed by atoms with E-state index in [1.165, 1.54) is 0 Å². The van der Waals surface area contributed by atoms with Crippen molar-refractivity contribution in [1.82, 2.24) is 15.1 Å². The lowest BCUT2D eigenvalue weighted by Gasteiger charge is -2.41. The van der Waals surface area contributed by atoms with Crippen molar-refractivity contribution in [2.24, 2.45) is 0 Å². The van der Waals surface area contributed by atoms with Crippen molar-refractivity contribution in [3.8, 4) is 0 Å². The topological polar surface area (TPSA) is 52.7 Å². The standard InChI is InChI=1S/C16H19Cl2N3O2/c17-13-5-1-4-12(15(13)18)16(23)20-7-2-3-11(10-20)21-8-6-19-9-14(21)22/h1,4-5,11,19H,2-3,6-10H2. The second kappa shape index (κ2) is 7.07. The van der Waals surface area contributed by atoms with Crippen LogP contribution in [0.5, 0.6) is 0 Å². The second-order valence-electron chi connectivity index (χ2n) is 5.91. The Morgan fingerprint density at radius 2 is 2.09 bits per heavy atom. The Hall–Kier alpha value is -1.30. The molecule has 3 rings (SSSR count). The van der Waals surface area contributed by atoms with Crippen LogP contribution in [0.3, 0.4) is 0 Å². The maximum Gasteiger partial charge on any atom is 0.255 e. The molecule has 0 aliphatic carbocycles. The summed E-state index contributed by atoms with van der Waals surface area (Å²) in [6.45, 7) is 3.11. The Morgan fingerprint density at radius 1 is 1.26 bits per heavy atom. The van der Waals surface area contributed by atoms with E-state index in [4.69, 9.17) is 23.2 Å². The van der Waals surface area contributed by atoms with Crippen LogP contribution in [-0.2, 0) is 4.79 Å². The third-order valence-corrected chi connectivity index (χ3v) is 5.25. The molecule has 0 spiro atoms. The van der Waals surface area contributed by atoms with Crippen LogP contribution >= 0.6 is 23.2 Å². The molecule has 0 saturated carbocycles. The second-order valence-corrected chi connectivity index (χ2v) is 6.70. The number of nitrogens with zero attached hydrogens (tertiary/aromatic N) is 2. The van der Waals surface area contributed by atoms with Gasteiger partial charge in [0.15, 0.2) is 0 Å². The number of benzene rings is 1. The van der Waals surface area contributed by atoms with Crippen molar-refractivity contribution in [2.45, 2.75) is 18.9 Å². The lowest BCUT2D eigenvalue weighted by Crippen LogP contribution is -2.57. The average molecular weight is 356 g/mol. The molecule has 0 radical (unpaired) electrons. The van der Waals surface area contributed by atoms with Crippen LogP contribution in [0, 0.1) is 0 Å². The molecule has 124 valence electrons. The molecule has 1 aromatic carbocycles. The smallest absolute Gasteiger partial charge is 0.255 e. The predicted molar refractivity (Wildman–Crippen MR) is 90.0 cm³/mol. The number of piperidine rings is 1. The number of halogens is 2. The molecule has 2 saturated heterocycles. The first kappa shape index (κ1) is 16.6. The summed E-state index contributed by atoms with van der Waals surface area (Å²) in [5.41, 5.74) is 0.423. The molecule has 7 heteroatoms. The van der Waals surface area contributed by atoms with Crippen LogP contribution in [0.15, 0.2) is 18.2 Å². The highest BCUT2D eigenvalue weighted by Gasteiger charge is 2.32. The van der Waals surface area contributed by atoms with Crippen molar-refractivity contribution in [1.29, 1.82) is 0 Å². The normalized spacial score (nSPS) is 22.3. The van der Waals surface area contributed by atoms with E-state index in [-0.39, 0.29) is 17.9 Å². The van der Waals surface area contributed by atoms with Crippen LogP contribution in [0.25, 0.3) is 0 Å². The Bertz CT molecular complexity index is 623. The van der Waals surface area contributed by atoms with E-state index >= 15 is 0 Å². The summed E-state index contributed by atoms with van der Waals surface area (Å²) in [5.74, 6) is -0.0129. The lowest BCUT2D eigenvalue weighted by molar-refractivity contribution is -0.135. The van der Waals surface area contributed by atoms with Gasteiger partial charge in [0.05, 0.1) is 22.2 Å². The predicted octanol–water partition coefficient (Wildman–Crippen LogP) is 2.03. The molecule has 5 nitrogen and oxygen atoms in total. The van der Waals surface area contributed by atoms with Gasteiger partial charge in [-0.15, -0.1) is 0 Å². The fourth-order valence-electron chi connectivity index (χ4n) is 3.24. The molecule has 2 heterocycles. The van der Waals surface area contributed by atoms with Crippen LogP contribution in [-0.4, -0.2) is 60.4 Å². The largest absolute Gasteiger partial charge is 0.337 e. The van der Waals surface area contributed by atoms with Gasteiger partial charge in [-0.05, 0) is 25.0 Å². The van der Waals surface area contributed by atoms with Crippen molar-refractivity contribution < 1.29 is 9.59 Å². The fraction of sp³-hybridized carbons (Fsp3) is 0.500. The van der Waals surface area contributed by atoms with Crippen molar-refractivity contribution in [2.75, 3.05) is 32.7 Å². The molecule has 2 aliphatic heterocycles. The van der Waals surface area contributed by atoms with E-state index in [1.54, 1.807) is 23.1 Å². The summed E-state index contributed by atoms with van der Waals surface area (Å²) < 4.78 is 0. The fourth-order valence-corrected chi connectivity index (χ4v) is 3.62. The number of piperazine rings is 1. The van der Waals surface area contributed by atoms with Gasteiger partial charge in [0.1, 0.15) is 0 Å². The maximum atomic E-state index is 12.7. The molecule has 1 atom stereocenters. The van der Waals surface area contributed by atoms with Crippen LogP contribution in [0.1, 0.15) is 23.2 Å². The van der Waals surface area contributed by atoms with Gasteiger partial charge in [0.2, 0.25) is 5.91 Å². The van der Waals surface area contributed by atoms with Gasteiger partial charge in [-0.25, -0.2) is 0 Å². The summed E-state index contributed by atoms with van der Waals surface area (Å²) >= 11 is 12.2. The van der Waals surface area contributed by atoms with Crippen molar-refractivity contribution in [3.05, 3.63) is 33.8 Å². The van der Waals surface area contributed by atoms with Crippen LogP contribution in [0.4, 0.5) is 0 Å². The summed E-state index contributed by atoms with van der Waals surface area (Å²) in [6.07, 6.45) is 1.81. The van der Waals surface area contributed by atoms with Crippen LogP contribution in [0.2, 0.25) is 10.0 Å². The highest BCUT2D eigenvalue weighted by molar-refractivity contribution is 6.43. The molecule has 1 unspecified atom stereocenters. The minimum absolute atomic E-state index is 0.0836. The zero-order chi connectivity index (χ0) is 16.4. The van der Waals surface area contributed by atoms with Gasteiger partial charge < -0.3 is 15.1 Å². The van der Waals surface area contributed by atoms with Gasteiger partial charge in [-0.3, -0.25) is 9.59 Å². The molecule has 2 aliphatic rings. The highest BCUT2D eigenvalue weighted by atomic mass is 35.5. The minimum Gasteiger partial charge on any atom is -0.337 e. The van der Waals surface area contributed by atoms with Gasteiger partial charge in [0.25, 0.3) is 5.91 Å². The molecule has 2 amide bonds. The van der Waals surface area contributed by atoms with E-state index in [2.05, 4.69) is 5.32 Å². The number of carbonyl (C=O) groups is 2. The van der Waals surface area contributed by atoms with Gasteiger partial charge in [0, 0.05) is 32.2 Å². The van der Waals surface area contributed by atoms with Gasteiger partial charge in [-0.1, -0.05) is 29.3 Å². The first-order chi connectivity index (χ1) is 11.1. The first-order valence-corrected chi connectivity index (χ1v) is 8.57. The molecule has 23 heavy (non-hydrogen) atoms. The Kier molecular flexibility index (Phi) is 5.09. The number of amides is 2. The molecule has 1 N–H and O–H groups in total. The zero-order valence-corrected chi connectivity index (χ0v) is 14.2. The Morgan fingerprint density at radius 3 is 2.87 bits per heavy atom. The van der Waals surface area contributed by atoms with E-state index in [0.29, 0.717) is 41.8 Å². The minimum atomic E-state index is -0.121. The average Bonchev–Trinajstić information content (AvgIpc) is 2.57. The molecule has 1 aromatic rings. The van der Waals surface area contributed by atoms with Crippen molar-refractivity contribution >= 4 is 35.0 Å². The van der Waals surface area contributed by atoms with Crippen molar-refractivity contribution in [3.63, 3.8) is 0 Å². The summed E-state index contributed by atoms with van der Waals surface area (Å²) in [7, 11) is 0. The van der Waals surface area contributed by atoms with E-state index in [1.807, 2.05) is 4.90 Å². The molecular weight excluding hydrogens is 337 g/mol. The van der Waals surface area contributed by atoms with E-state index in [0.717, 1.165) is 19.4 Å². The number of nitrogens with one attached hydrogen (secondary N) is 1. The third kappa shape index (κ3) is 3.47. The quantitative estimate of drug-likeness (QED) is 0.882. The highest BCUT2D eigenvalue weighted by Crippen LogP contribution is 2.28. The van der Waals surface area contributed by atoms with E-state index in [9.17, 15) is 9.59 Å². The summed E-state index contributed by atoms with van der Waals surface area (Å²) in [6, 6.07) is 5.16. The number of carbonyl (C=O) groups excluding carboxylic acids is 2. The lowest BCUT2D eigenvalue weighted by atomic mass is 10.0. The molecule has 0 aromatic heterocycles. The summed E-state index contributed by atoms with van der Waals surface area (Å²) in [5, 5.41) is 3.74. The first-order valence-electron chi connectivity index (χ1n) is 7.81. The SMILES string of the molecule is O=C(c1cccc(Cl)c1Cl)N1CCCC(N2CCNCC2=O)C1. The zero-order valence-electron chi connectivity index (χ0n) is 12.7. The summed E-state index contributed by atoms with van der Waals surface area (Å²) in [4.78, 5) is 28.5. The number of hydrogen-bond acceptors (Lipinski definition) is 3.